The average molecular weight is 351 g/mol. The minimum absolute atomic E-state index is 0.0815. The van der Waals surface area contributed by atoms with Crippen molar-refractivity contribution in [2.24, 2.45) is 5.92 Å². The van der Waals surface area contributed by atoms with Gasteiger partial charge in [-0.3, -0.25) is 4.79 Å². The fourth-order valence-electron chi connectivity index (χ4n) is 2.65. The van der Waals surface area contributed by atoms with Gasteiger partial charge in [0, 0.05) is 19.4 Å². The molecule has 2 atom stereocenters. The van der Waals surface area contributed by atoms with Gasteiger partial charge in [0.15, 0.2) is 0 Å². The van der Waals surface area contributed by atoms with Gasteiger partial charge in [0.25, 0.3) is 5.91 Å². The summed E-state index contributed by atoms with van der Waals surface area (Å²) in [5, 5.41) is 2.91. The number of ether oxygens (including phenoxy) is 4. The Balaban J connectivity index is 1.84. The first kappa shape index (κ1) is 19.7. The Kier molecular flexibility index (Phi) is 8.18. The monoisotopic (exact) mass is 351 g/mol. The number of benzene rings is 1. The Morgan fingerprint density at radius 2 is 2.04 bits per heavy atom. The molecule has 2 rings (SSSR count). The second-order valence-electron chi connectivity index (χ2n) is 6.49. The molecule has 0 aromatic heterocycles. The molecule has 1 heterocycles. The van der Waals surface area contributed by atoms with Crippen molar-refractivity contribution < 1.29 is 23.7 Å². The maximum Gasteiger partial charge on any atom is 0.253 e. The normalized spacial score (nSPS) is 18.3. The Morgan fingerprint density at radius 3 is 2.64 bits per heavy atom. The zero-order valence-electron chi connectivity index (χ0n) is 15.3. The molecule has 1 fully saturated rings. The van der Waals surface area contributed by atoms with Gasteiger partial charge in [-0.05, 0) is 43.0 Å². The third-order valence-corrected chi connectivity index (χ3v) is 4.03. The minimum Gasteiger partial charge on any atom is -0.491 e. The van der Waals surface area contributed by atoms with Crippen LogP contribution in [0.15, 0.2) is 24.3 Å². The lowest BCUT2D eigenvalue weighted by molar-refractivity contribution is -0.132. The van der Waals surface area contributed by atoms with Gasteiger partial charge in [0.1, 0.15) is 18.5 Å². The predicted octanol–water partition coefficient (Wildman–Crippen LogP) is 2.87. The Labute approximate surface area is 149 Å². The molecule has 0 unspecified atom stereocenters. The first-order valence-electron chi connectivity index (χ1n) is 8.86. The number of amides is 1. The number of carbonyl (C=O) groups excluding carboxylic acids is 1. The third-order valence-electron chi connectivity index (χ3n) is 4.03. The summed E-state index contributed by atoms with van der Waals surface area (Å²) in [4.78, 5) is 12.5. The van der Waals surface area contributed by atoms with E-state index in [0.717, 1.165) is 30.9 Å². The number of carbonyl (C=O) groups is 1. The predicted molar refractivity (Wildman–Crippen MR) is 96.0 cm³/mol. The largest absolute Gasteiger partial charge is 0.491 e. The van der Waals surface area contributed by atoms with Crippen LogP contribution in [0.2, 0.25) is 0 Å². The van der Waals surface area contributed by atoms with E-state index in [4.69, 9.17) is 18.9 Å². The van der Waals surface area contributed by atoms with Crippen molar-refractivity contribution in [3.8, 4) is 5.75 Å². The summed E-state index contributed by atoms with van der Waals surface area (Å²) in [5.74, 6) is 0.684. The molecule has 6 heteroatoms. The van der Waals surface area contributed by atoms with Gasteiger partial charge in [0.2, 0.25) is 0 Å². The molecule has 6 nitrogen and oxygen atoms in total. The lowest BCUT2D eigenvalue weighted by atomic mass is 10.1. The molecule has 0 bridgehead atoms. The van der Waals surface area contributed by atoms with E-state index < -0.39 is 6.10 Å². The van der Waals surface area contributed by atoms with Crippen molar-refractivity contribution >= 4 is 11.6 Å². The summed E-state index contributed by atoms with van der Waals surface area (Å²) in [6.07, 6.45) is 1.67. The molecule has 140 valence electrons. The van der Waals surface area contributed by atoms with E-state index in [1.54, 1.807) is 7.11 Å². The van der Waals surface area contributed by atoms with Crippen molar-refractivity contribution in [2.75, 3.05) is 38.9 Å². The summed E-state index contributed by atoms with van der Waals surface area (Å²) >= 11 is 0. The molecule has 1 saturated heterocycles. The van der Waals surface area contributed by atoms with Crippen LogP contribution in [0.3, 0.4) is 0 Å². The lowest BCUT2D eigenvalue weighted by Crippen LogP contribution is -2.36. The highest BCUT2D eigenvalue weighted by atomic mass is 16.5. The fraction of sp³-hybridized carbons (Fsp3) is 0.632. The van der Waals surface area contributed by atoms with E-state index in [1.165, 1.54) is 0 Å². The van der Waals surface area contributed by atoms with Crippen molar-refractivity contribution in [1.29, 1.82) is 0 Å². The Morgan fingerprint density at radius 1 is 1.28 bits per heavy atom. The third kappa shape index (κ3) is 6.65. The molecular formula is C19H29NO5. The van der Waals surface area contributed by atoms with Crippen LogP contribution in [0.25, 0.3) is 0 Å². The van der Waals surface area contributed by atoms with Crippen molar-refractivity contribution in [1.82, 2.24) is 0 Å². The molecule has 1 N–H and O–H groups in total. The smallest absolute Gasteiger partial charge is 0.253 e. The van der Waals surface area contributed by atoms with E-state index in [1.807, 2.05) is 38.1 Å². The molecule has 0 saturated carbocycles. The molecule has 0 aliphatic carbocycles. The van der Waals surface area contributed by atoms with Crippen LogP contribution in [-0.4, -0.2) is 51.7 Å². The number of hydrogen-bond donors (Lipinski definition) is 1. The Hall–Kier alpha value is -1.63. The minimum atomic E-state index is -0.498. The van der Waals surface area contributed by atoms with Gasteiger partial charge in [-0.2, -0.15) is 0 Å². The number of anilines is 1. The summed E-state index contributed by atoms with van der Waals surface area (Å²) < 4.78 is 21.8. The van der Waals surface area contributed by atoms with Gasteiger partial charge in [0.05, 0.1) is 19.3 Å². The van der Waals surface area contributed by atoms with Gasteiger partial charge in [-0.1, -0.05) is 13.8 Å². The van der Waals surface area contributed by atoms with E-state index in [9.17, 15) is 4.79 Å². The van der Waals surface area contributed by atoms with E-state index in [2.05, 4.69) is 5.32 Å². The molecule has 1 aromatic rings. The van der Waals surface area contributed by atoms with Crippen LogP contribution in [-0.2, 0) is 19.0 Å². The van der Waals surface area contributed by atoms with Crippen molar-refractivity contribution in [3.05, 3.63) is 24.3 Å². The first-order valence-corrected chi connectivity index (χ1v) is 8.86. The average Bonchev–Trinajstić information content (AvgIpc) is 3.10. The van der Waals surface area contributed by atoms with E-state index >= 15 is 0 Å². The fourth-order valence-corrected chi connectivity index (χ4v) is 2.65. The van der Waals surface area contributed by atoms with E-state index in [-0.39, 0.29) is 17.9 Å². The molecule has 0 radical (unpaired) electrons. The maximum atomic E-state index is 12.5. The molecule has 1 amide bonds. The molecule has 25 heavy (non-hydrogen) atoms. The van der Waals surface area contributed by atoms with E-state index in [0.29, 0.717) is 19.8 Å². The van der Waals surface area contributed by atoms with Gasteiger partial charge in [-0.15, -0.1) is 0 Å². The highest BCUT2D eigenvalue weighted by molar-refractivity contribution is 5.94. The van der Waals surface area contributed by atoms with Crippen LogP contribution < -0.4 is 10.1 Å². The van der Waals surface area contributed by atoms with Crippen LogP contribution >= 0.6 is 0 Å². The molecule has 1 aliphatic heterocycles. The summed E-state index contributed by atoms with van der Waals surface area (Å²) in [5.41, 5.74) is 0.718. The van der Waals surface area contributed by atoms with Crippen molar-refractivity contribution in [3.63, 3.8) is 0 Å². The molecule has 0 spiro atoms. The van der Waals surface area contributed by atoms with Gasteiger partial charge >= 0.3 is 0 Å². The second kappa shape index (κ2) is 10.4. The van der Waals surface area contributed by atoms with Crippen molar-refractivity contribution in [2.45, 2.75) is 38.9 Å². The van der Waals surface area contributed by atoms with Crippen LogP contribution in [0.1, 0.15) is 26.7 Å². The van der Waals surface area contributed by atoms with Gasteiger partial charge < -0.3 is 24.3 Å². The second-order valence-corrected chi connectivity index (χ2v) is 6.49. The molecule has 1 aliphatic rings. The summed E-state index contributed by atoms with van der Waals surface area (Å²) in [6.45, 7) is 6.23. The maximum absolute atomic E-state index is 12.5. The summed E-state index contributed by atoms with van der Waals surface area (Å²) in [7, 11) is 1.63. The highest BCUT2D eigenvalue weighted by Crippen LogP contribution is 2.19. The number of rotatable bonds is 10. The lowest BCUT2D eigenvalue weighted by Gasteiger charge is -2.22. The SMILES string of the molecule is COCCOc1ccc(NC(=O)[C@H](OC[C@H]2CCCO2)C(C)C)cc1. The van der Waals surface area contributed by atoms with Gasteiger partial charge in [-0.25, -0.2) is 0 Å². The number of hydrogen-bond acceptors (Lipinski definition) is 5. The topological polar surface area (TPSA) is 66.0 Å². The standard InChI is InChI=1S/C19H29NO5/c1-14(2)18(25-13-17-5-4-10-23-17)19(21)20-15-6-8-16(9-7-15)24-12-11-22-3/h6-9,14,17-18H,4-5,10-13H2,1-3H3,(H,20,21)/t17-,18-/m1/s1. The molecular weight excluding hydrogens is 322 g/mol. The number of methoxy groups -OCH3 is 1. The zero-order chi connectivity index (χ0) is 18.1. The summed E-state index contributed by atoms with van der Waals surface area (Å²) in [6, 6.07) is 7.28. The zero-order valence-corrected chi connectivity index (χ0v) is 15.3. The highest BCUT2D eigenvalue weighted by Gasteiger charge is 2.25. The van der Waals surface area contributed by atoms with Crippen LogP contribution in [0, 0.1) is 5.92 Å². The quantitative estimate of drug-likeness (QED) is 0.657. The molecule has 1 aromatic carbocycles. The Bertz CT molecular complexity index is 511. The van der Waals surface area contributed by atoms with Crippen LogP contribution in [0.4, 0.5) is 5.69 Å². The van der Waals surface area contributed by atoms with Crippen LogP contribution in [0.5, 0.6) is 5.75 Å². The number of nitrogens with one attached hydrogen (secondary N) is 1. The first-order chi connectivity index (χ1) is 12.1.